The molecule has 0 radical (unpaired) electrons. The first kappa shape index (κ1) is 30.1. The lowest BCUT2D eigenvalue weighted by Crippen LogP contribution is -2.25. The van der Waals surface area contributed by atoms with Crippen LogP contribution in [0.4, 0.5) is 0 Å². The van der Waals surface area contributed by atoms with E-state index >= 15 is 4.57 Å². The van der Waals surface area contributed by atoms with Crippen molar-refractivity contribution >= 4 is 51.2 Å². The molecule has 0 saturated carbocycles. The summed E-state index contributed by atoms with van der Waals surface area (Å²) >= 11 is 0. The molecule has 0 spiro atoms. The maximum atomic E-state index is 16.1. The van der Waals surface area contributed by atoms with Crippen LogP contribution in [0.3, 0.4) is 0 Å². The average molecular weight is 613 g/mol. The molecular weight excluding hydrogens is 579 g/mol. The highest BCUT2D eigenvalue weighted by atomic mass is 31.2. The van der Waals surface area contributed by atoms with Crippen molar-refractivity contribution in [3.63, 3.8) is 0 Å². The number of hydrogen-bond acceptors (Lipinski definition) is 5. The van der Waals surface area contributed by atoms with E-state index in [2.05, 4.69) is 0 Å². The maximum Gasteiger partial charge on any atom is 0.339 e. The number of fused-ring (bicyclic) bond motifs is 3. The first-order chi connectivity index (χ1) is 22.0. The van der Waals surface area contributed by atoms with Gasteiger partial charge >= 0.3 is 11.9 Å². The molecule has 0 aliphatic rings. The number of aryl methyl sites for hydroxylation is 1. The summed E-state index contributed by atoms with van der Waals surface area (Å²) < 4.78 is 26.7. The Morgan fingerprint density at radius 1 is 0.600 bits per heavy atom. The van der Waals surface area contributed by atoms with Gasteiger partial charge in [-0.15, -0.1) is 0 Å². The van der Waals surface area contributed by atoms with Gasteiger partial charge in [-0.3, -0.25) is 0 Å². The van der Waals surface area contributed by atoms with E-state index in [1.54, 1.807) is 0 Å². The monoisotopic (exact) mass is 612 g/mol. The molecule has 0 fully saturated rings. The van der Waals surface area contributed by atoms with Gasteiger partial charge in [-0.2, -0.15) is 0 Å². The Morgan fingerprint density at radius 2 is 1.13 bits per heavy atom. The highest BCUT2D eigenvalue weighted by Crippen LogP contribution is 2.60. The van der Waals surface area contributed by atoms with Crippen LogP contribution >= 0.6 is 7.14 Å². The van der Waals surface area contributed by atoms with Crippen molar-refractivity contribution in [2.24, 2.45) is 0 Å². The largest absolute Gasteiger partial charge is 0.465 e. The van der Waals surface area contributed by atoms with Gasteiger partial charge in [0.05, 0.1) is 25.3 Å². The lowest BCUT2D eigenvalue weighted by atomic mass is 9.88. The number of carbonyl (C=O) groups excluding carboxylic acids is 2. The molecule has 0 aromatic heterocycles. The molecule has 0 aliphatic heterocycles. The van der Waals surface area contributed by atoms with E-state index in [1.807, 2.05) is 133 Å². The van der Waals surface area contributed by atoms with Crippen LogP contribution in [0.5, 0.6) is 0 Å². The molecule has 0 heterocycles. The smallest absolute Gasteiger partial charge is 0.339 e. The van der Waals surface area contributed by atoms with Crippen LogP contribution in [0, 0.1) is 0 Å². The average Bonchev–Trinajstić information content (AvgIpc) is 3.11. The van der Waals surface area contributed by atoms with Gasteiger partial charge in [0.25, 0.3) is 0 Å². The standard InChI is InChI=1S/C39H33O5P/c1-43-38(40)36-32-24-23-28-16-12-13-21-31(28)33(32)26-34(37(36)39(41)44-2)35(25-22-27-14-6-3-7-15-27)45(42,29-17-8-4-9-18-29)30-19-10-5-11-20-30/h3-21,23-24,26,35H,22,25H2,1-2H3. The van der Waals surface area contributed by atoms with Gasteiger partial charge in [0.1, 0.15) is 7.14 Å². The Labute approximate surface area is 262 Å². The number of hydrogen-bond donors (Lipinski definition) is 0. The molecule has 0 amide bonds. The fourth-order valence-electron chi connectivity index (χ4n) is 6.36. The predicted octanol–water partition coefficient (Wildman–Crippen LogP) is 8.25. The molecular formula is C39H33O5P. The zero-order chi connectivity index (χ0) is 31.4. The molecule has 0 N–H and O–H groups in total. The van der Waals surface area contributed by atoms with Crippen LogP contribution in [0.25, 0.3) is 21.5 Å². The van der Waals surface area contributed by atoms with Crippen LogP contribution in [-0.2, 0) is 20.5 Å². The summed E-state index contributed by atoms with van der Waals surface area (Å²) in [6.07, 6.45) is 1.03. The summed E-state index contributed by atoms with van der Waals surface area (Å²) in [7, 11) is -0.930. The number of methoxy groups -OCH3 is 2. The number of benzene rings is 6. The van der Waals surface area contributed by atoms with Crippen LogP contribution in [0.15, 0.2) is 133 Å². The molecule has 224 valence electrons. The van der Waals surface area contributed by atoms with Crippen molar-refractivity contribution in [3.05, 3.63) is 156 Å². The van der Waals surface area contributed by atoms with Gasteiger partial charge in [-0.05, 0) is 51.6 Å². The second-order valence-corrected chi connectivity index (χ2v) is 13.9. The molecule has 0 bridgehead atoms. The van der Waals surface area contributed by atoms with E-state index in [0.29, 0.717) is 34.4 Å². The van der Waals surface area contributed by atoms with Gasteiger partial charge < -0.3 is 14.0 Å². The molecule has 6 rings (SSSR count). The Morgan fingerprint density at radius 3 is 1.73 bits per heavy atom. The quantitative estimate of drug-likeness (QED) is 0.0934. The van der Waals surface area contributed by atoms with Gasteiger partial charge in [0.15, 0.2) is 0 Å². The first-order valence-corrected chi connectivity index (χ1v) is 16.6. The summed E-state index contributed by atoms with van der Waals surface area (Å²) in [5.74, 6) is -1.34. The second-order valence-electron chi connectivity index (χ2n) is 10.9. The summed E-state index contributed by atoms with van der Waals surface area (Å²) in [5, 5.41) is 4.57. The summed E-state index contributed by atoms with van der Waals surface area (Å²) in [6, 6.07) is 42.5. The Bertz CT molecular complexity index is 2000. The summed E-state index contributed by atoms with van der Waals surface area (Å²) in [6.45, 7) is 0. The van der Waals surface area contributed by atoms with E-state index in [-0.39, 0.29) is 11.1 Å². The van der Waals surface area contributed by atoms with Crippen LogP contribution in [-0.4, -0.2) is 26.2 Å². The van der Waals surface area contributed by atoms with E-state index < -0.39 is 24.7 Å². The van der Waals surface area contributed by atoms with Gasteiger partial charge in [0, 0.05) is 16.3 Å². The topological polar surface area (TPSA) is 69.7 Å². The van der Waals surface area contributed by atoms with Crippen molar-refractivity contribution in [1.82, 2.24) is 0 Å². The lowest BCUT2D eigenvalue weighted by molar-refractivity contribution is 0.0556. The van der Waals surface area contributed by atoms with E-state index in [9.17, 15) is 9.59 Å². The normalized spacial score (nSPS) is 12.1. The highest BCUT2D eigenvalue weighted by molar-refractivity contribution is 7.79. The predicted molar refractivity (Wildman–Crippen MR) is 181 cm³/mol. The van der Waals surface area contributed by atoms with Crippen molar-refractivity contribution < 1.29 is 23.6 Å². The van der Waals surface area contributed by atoms with Gasteiger partial charge in [-0.25, -0.2) is 9.59 Å². The number of rotatable bonds is 9. The van der Waals surface area contributed by atoms with Crippen molar-refractivity contribution in [3.8, 4) is 0 Å². The third-order valence-corrected chi connectivity index (χ3v) is 12.0. The lowest BCUT2D eigenvalue weighted by Gasteiger charge is -2.31. The third kappa shape index (κ3) is 5.56. The molecule has 1 atom stereocenters. The van der Waals surface area contributed by atoms with Crippen molar-refractivity contribution in [1.29, 1.82) is 0 Å². The summed E-state index contributed by atoms with van der Waals surface area (Å²) in [5.41, 5.74) is 1.08. The van der Waals surface area contributed by atoms with E-state index in [1.165, 1.54) is 14.2 Å². The minimum Gasteiger partial charge on any atom is -0.465 e. The zero-order valence-corrected chi connectivity index (χ0v) is 26.1. The number of carbonyl (C=O) groups is 2. The molecule has 6 aromatic carbocycles. The molecule has 5 nitrogen and oxygen atoms in total. The Kier molecular flexibility index (Phi) is 8.64. The fourth-order valence-corrected chi connectivity index (χ4v) is 9.70. The maximum absolute atomic E-state index is 16.1. The molecule has 0 aliphatic carbocycles. The second kappa shape index (κ2) is 12.9. The van der Waals surface area contributed by atoms with Crippen LogP contribution in [0.1, 0.15) is 43.9 Å². The SMILES string of the molecule is COC(=O)c1c(C(CCc2ccccc2)P(=O)(c2ccccc2)c2ccccc2)cc2c(ccc3ccccc32)c1C(=O)OC. The summed E-state index contributed by atoms with van der Waals surface area (Å²) in [4.78, 5) is 27.5. The van der Waals surface area contributed by atoms with Crippen LogP contribution < -0.4 is 10.6 Å². The van der Waals surface area contributed by atoms with E-state index in [4.69, 9.17) is 9.47 Å². The minimum atomic E-state index is -3.53. The fraction of sp³-hybridized carbons (Fsp3) is 0.128. The van der Waals surface area contributed by atoms with E-state index in [0.717, 1.165) is 21.7 Å². The minimum absolute atomic E-state index is 0.0808. The number of ether oxygens (including phenoxy) is 2. The molecule has 1 unspecified atom stereocenters. The molecule has 6 aromatic rings. The van der Waals surface area contributed by atoms with Crippen LogP contribution in [0.2, 0.25) is 0 Å². The Hall–Kier alpha value is -4.99. The third-order valence-electron chi connectivity index (χ3n) is 8.48. The Balaban J connectivity index is 1.75. The highest BCUT2D eigenvalue weighted by Gasteiger charge is 2.41. The molecule has 6 heteroatoms. The van der Waals surface area contributed by atoms with Crippen molar-refractivity contribution in [2.45, 2.75) is 18.5 Å². The zero-order valence-electron chi connectivity index (χ0n) is 25.2. The van der Waals surface area contributed by atoms with Gasteiger partial charge in [-0.1, -0.05) is 127 Å². The molecule has 45 heavy (non-hydrogen) atoms. The molecule has 0 saturated heterocycles. The van der Waals surface area contributed by atoms with Crippen molar-refractivity contribution in [2.75, 3.05) is 14.2 Å². The first-order valence-electron chi connectivity index (χ1n) is 14.9. The van der Waals surface area contributed by atoms with Gasteiger partial charge in [0.2, 0.25) is 0 Å². The number of esters is 2.